The zero-order valence-corrected chi connectivity index (χ0v) is 7.69. The molecule has 12 heavy (non-hydrogen) atoms. The molecule has 3 nitrogen and oxygen atoms in total. The molecular weight excluding hydrogens is 176 g/mol. The van der Waals surface area contributed by atoms with Crippen molar-refractivity contribution in [3.8, 4) is 0 Å². The standard InChI is InChI=1S/C8H11ClN2O/c1-2-3-4-7-10-6(9)5-8(12)11-7/h5H,2-4H2,1H3,(H,10,11,12). The second kappa shape index (κ2) is 4.26. The van der Waals surface area contributed by atoms with Crippen molar-refractivity contribution in [2.45, 2.75) is 26.2 Å². The van der Waals surface area contributed by atoms with E-state index < -0.39 is 0 Å². The maximum atomic E-state index is 10.9. The Balaban J connectivity index is 2.79. The highest BCUT2D eigenvalue weighted by molar-refractivity contribution is 6.29. The largest absolute Gasteiger partial charge is 0.310 e. The Bertz CT molecular complexity index is 308. The van der Waals surface area contributed by atoms with Crippen molar-refractivity contribution in [3.05, 3.63) is 27.4 Å². The minimum Gasteiger partial charge on any atom is -0.310 e. The highest BCUT2D eigenvalue weighted by atomic mass is 35.5. The van der Waals surface area contributed by atoms with Crippen LogP contribution < -0.4 is 5.56 Å². The first kappa shape index (κ1) is 9.26. The molecule has 0 spiro atoms. The van der Waals surface area contributed by atoms with Gasteiger partial charge in [0.05, 0.1) is 0 Å². The summed E-state index contributed by atoms with van der Waals surface area (Å²) < 4.78 is 0. The maximum Gasteiger partial charge on any atom is 0.252 e. The molecule has 1 rings (SSSR count). The van der Waals surface area contributed by atoms with Crippen molar-refractivity contribution in [1.29, 1.82) is 0 Å². The van der Waals surface area contributed by atoms with E-state index in [4.69, 9.17) is 11.6 Å². The molecule has 0 fully saturated rings. The zero-order chi connectivity index (χ0) is 8.97. The number of nitrogens with one attached hydrogen (secondary N) is 1. The van der Waals surface area contributed by atoms with E-state index in [0.29, 0.717) is 5.82 Å². The third kappa shape index (κ3) is 2.66. The van der Waals surface area contributed by atoms with Gasteiger partial charge in [0.1, 0.15) is 11.0 Å². The lowest BCUT2D eigenvalue weighted by molar-refractivity contribution is 0.748. The third-order valence-corrected chi connectivity index (χ3v) is 1.72. The van der Waals surface area contributed by atoms with E-state index in [2.05, 4.69) is 16.9 Å². The van der Waals surface area contributed by atoms with Gasteiger partial charge in [-0.05, 0) is 6.42 Å². The van der Waals surface area contributed by atoms with E-state index in [1.165, 1.54) is 6.07 Å². The first-order valence-corrected chi connectivity index (χ1v) is 4.36. The summed E-state index contributed by atoms with van der Waals surface area (Å²) in [5, 5.41) is 0.268. The first-order valence-electron chi connectivity index (χ1n) is 3.98. The van der Waals surface area contributed by atoms with Crippen LogP contribution in [0.3, 0.4) is 0 Å². The van der Waals surface area contributed by atoms with Crippen LogP contribution in [0, 0.1) is 0 Å². The fourth-order valence-corrected chi connectivity index (χ4v) is 1.14. The van der Waals surface area contributed by atoms with Gasteiger partial charge >= 0.3 is 0 Å². The molecular formula is C8H11ClN2O. The Morgan fingerprint density at radius 2 is 2.42 bits per heavy atom. The molecule has 0 saturated heterocycles. The van der Waals surface area contributed by atoms with Crippen molar-refractivity contribution < 1.29 is 0 Å². The van der Waals surface area contributed by atoms with E-state index in [0.717, 1.165) is 19.3 Å². The van der Waals surface area contributed by atoms with Gasteiger partial charge in [0, 0.05) is 12.5 Å². The van der Waals surface area contributed by atoms with Crippen LogP contribution in [0.5, 0.6) is 0 Å². The Morgan fingerprint density at radius 3 is 3.00 bits per heavy atom. The number of hydrogen-bond acceptors (Lipinski definition) is 2. The van der Waals surface area contributed by atoms with Crippen LogP contribution in [-0.2, 0) is 6.42 Å². The molecule has 1 N–H and O–H groups in total. The molecule has 0 aromatic carbocycles. The van der Waals surface area contributed by atoms with Crippen LogP contribution in [0.15, 0.2) is 10.9 Å². The Morgan fingerprint density at radius 1 is 1.67 bits per heavy atom. The second-order valence-corrected chi connectivity index (χ2v) is 3.01. The first-order chi connectivity index (χ1) is 5.72. The van der Waals surface area contributed by atoms with Crippen molar-refractivity contribution >= 4 is 11.6 Å². The fraction of sp³-hybridized carbons (Fsp3) is 0.500. The van der Waals surface area contributed by atoms with Gasteiger partial charge in [-0.2, -0.15) is 0 Å². The van der Waals surface area contributed by atoms with Crippen LogP contribution in [-0.4, -0.2) is 9.97 Å². The van der Waals surface area contributed by atoms with Crippen LogP contribution >= 0.6 is 11.6 Å². The molecule has 0 aliphatic rings. The highest BCUT2D eigenvalue weighted by Crippen LogP contribution is 2.02. The molecule has 0 saturated carbocycles. The summed E-state index contributed by atoms with van der Waals surface area (Å²) in [4.78, 5) is 17.5. The van der Waals surface area contributed by atoms with Crippen molar-refractivity contribution in [1.82, 2.24) is 9.97 Å². The van der Waals surface area contributed by atoms with E-state index in [1.54, 1.807) is 0 Å². The molecule has 66 valence electrons. The van der Waals surface area contributed by atoms with E-state index in [9.17, 15) is 4.79 Å². The molecule has 0 aliphatic heterocycles. The quantitative estimate of drug-likeness (QED) is 0.732. The zero-order valence-electron chi connectivity index (χ0n) is 6.93. The minimum atomic E-state index is -0.180. The summed E-state index contributed by atoms with van der Waals surface area (Å²) in [6.07, 6.45) is 2.88. The van der Waals surface area contributed by atoms with Crippen LogP contribution in [0.1, 0.15) is 25.6 Å². The van der Waals surface area contributed by atoms with Crippen molar-refractivity contribution in [3.63, 3.8) is 0 Å². The second-order valence-electron chi connectivity index (χ2n) is 2.62. The number of H-pyrrole nitrogens is 1. The lowest BCUT2D eigenvalue weighted by atomic mass is 10.2. The van der Waals surface area contributed by atoms with Gasteiger partial charge < -0.3 is 4.98 Å². The summed E-state index contributed by atoms with van der Waals surface area (Å²) >= 11 is 5.60. The average Bonchev–Trinajstić information content (AvgIpc) is 1.99. The van der Waals surface area contributed by atoms with Gasteiger partial charge in [-0.15, -0.1) is 0 Å². The number of unbranched alkanes of at least 4 members (excludes halogenated alkanes) is 1. The molecule has 0 aliphatic carbocycles. The smallest absolute Gasteiger partial charge is 0.252 e. The van der Waals surface area contributed by atoms with E-state index >= 15 is 0 Å². The topological polar surface area (TPSA) is 45.8 Å². The van der Waals surface area contributed by atoms with Gasteiger partial charge in [0.2, 0.25) is 0 Å². The number of aromatic nitrogens is 2. The van der Waals surface area contributed by atoms with Crippen LogP contribution in [0.2, 0.25) is 5.15 Å². The highest BCUT2D eigenvalue weighted by Gasteiger charge is 1.97. The lowest BCUT2D eigenvalue weighted by Crippen LogP contribution is -2.09. The monoisotopic (exact) mass is 186 g/mol. The number of rotatable bonds is 3. The molecule has 0 unspecified atom stereocenters. The van der Waals surface area contributed by atoms with Gasteiger partial charge in [0.15, 0.2) is 0 Å². The predicted molar refractivity (Wildman–Crippen MR) is 48.5 cm³/mol. The molecule has 1 heterocycles. The van der Waals surface area contributed by atoms with E-state index in [1.807, 2.05) is 0 Å². The molecule has 1 aromatic heterocycles. The Hall–Kier alpha value is -0.830. The van der Waals surface area contributed by atoms with Gasteiger partial charge in [-0.1, -0.05) is 24.9 Å². The lowest BCUT2D eigenvalue weighted by Gasteiger charge is -1.97. The van der Waals surface area contributed by atoms with E-state index in [-0.39, 0.29) is 10.7 Å². The van der Waals surface area contributed by atoms with Crippen molar-refractivity contribution in [2.24, 2.45) is 0 Å². The minimum absolute atomic E-state index is 0.180. The van der Waals surface area contributed by atoms with Crippen molar-refractivity contribution in [2.75, 3.05) is 0 Å². The number of aromatic amines is 1. The number of hydrogen-bond donors (Lipinski definition) is 1. The number of halogens is 1. The average molecular weight is 187 g/mol. The maximum absolute atomic E-state index is 10.9. The SMILES string of the molecule is CCCCc1nc(Cl)cc(=O)[nH]1. The molecule has 4 heteroatoms. The summed E-state index contributed by atoms with van der Waals surface area (Å²) in [6, 6.07) is 1.27. The Labute approximate surface area is 75.8 Å². The normalized spacial score (nSPS) is 10.2. The third-order valence-electron chi connectivity index (χ3n) is 1.53. The fourth-order valence-electron chi connectivity index (χ4n) is 0.938. The van der Waals surface area contributed by atoms with Crippen LogP contribution in [0.4, 0.5) is 0 Å². The summed E-state index contributed by atoms with van der Waals surface area (Å²) in [5.74, 6) is 0.675. The predicted octanol–water partition coefficient (Wildman–Crippen LogP) is 1.77. The summed E-state index contributed by atoms with van der Waals surface area (Å²) in [7, 11) is 0. The van der Waals surface area contributed by atoms with Gasteiger partial charge in [-0.3, -0.25) is 4.79 Å². The summed E-state index contributed by atoms with van der Waals surface area (Å²) in [6.45, 7) is 2.09. The number of nitrogens with zero attached hydrogens (tertiary/aromatic N) is 1. The molecule has 0 amide bonds. The molecule has 1 aromatic rings. The number of aryl methyl sites for hydroxylation is 1. The summed E-state index contributed by atoms with van der Waals surface area (Å²) in [5.41, 5.74) is -0.180. The van der Waals surface area contributed by atoms with Crippen LogP contribution in [0.25, 0.3) is 0 Å². The molecule has 0 bridgehead atoms. The van der Waals surface area contributed by atoms with Gasteiger partial charge in [-0.25, -0.2) is 4.98 Å². The Kier molecular flexibility index (Phi) is 3.29. The van der Waals surface area contributed by atoms with Gasteiger partial charge in [0.25, 0.3) is 5.56 Å². The molecule has 0 atom stereocenters. The molecule has 0 radical (unpaired) electrons.